The maximum Gasteiger partial charge on any atom is 0.159 e. The smallest absolute Gasteiger partial charge is 0.159 e. The molecule has 1 aromatic rings. The van der Waals surface area contributed by atoms with Gasteiger partial charge in [0.25, 0.3) is 0 Å². The number of piperidine rings is 1. The van der Waals surface area contributed by atoms with Crippen molar-refractivity contribution in [3.8, 4) is 0 Å². The average molecular weight is 219 g/mol. The predicted octanol–water partition coefficient (Wildman–Crippen LogP) is 1.46. The zero-order valence-corrected chi connectivity index (χ0v) is 9.49. The first-order valence-corrected chi connectivity index (χ1v) is 5.66. The van der Waals surface area contributed by atoms with Crippen LogP contribution < -0.4 is 5.32 Å². The van der Waals surface area contributed by atoms with E-state index in [1.54, 1.807) is 19.1 Å². The van der Waals surface area contributed by atoms with Gasteiger partial charge in [0.05, 0.1) is 0 Å². The molecule has 0 spiro atoms. The van der Waals surface area contributed by atoms with E-state index >= 15 is 0 Å². The van der Waals surface area contributed by atoms with Crippen LogP contribution in [0.5, 0.6) is 0 Å². The van der Waals surface area contributed by atoms with Crippen LogP contribution in [-0.2, 0) is 5.60 Å². The topological polar surface area (TPSA) is 49.3 Å². The van der Waals surface area contributed by atoms with E-state index in [-0.39, 0.29) is 5.78 Å². The van der Waals surface area contributed by atoms with Crippen molar-refractivity contribution in [1.82, 2.24) is 5.32 Å². The molecule has 0 radical (unpaired) electrons. The summed E-state index contributed by atoms with van der Waals surface area (Å²) in [5.41, 5.74) is 0.814. The largest absolute Gasteiger partial charge is 0.384 e. The first-order valence-electron chi connectivity index (χ1n) is 5.66. The molecule has 1 aromatic carbocycles. The van der Waals surface area contributed by atoms with Gasteiger partial charge in [-0.15, -0.1) is 0 Å². The van der Waals surface area contributed by atoms with E-state index in [0.29, 0.717) is 12.1 Å². The normalized spacial score (nSPS) is 25.4. The van der Waals surface area contributed by atoms with Gasteiger partial charge in [-0.3, -0.25) is 4.79 Å². The highest BCUT2D eigenvalue weighted by molar-refractivity contribution is 5.94. The fourth-order valence-corrected chi connectivity index (χ4v) is 2.15. The summed E-state index contributed by atoms with van der Waals surface area (Å²) in [6, 6.07) is 7.27. The lowest BCUT2D eigenvalue weighted by atomic mass is 9.86. The van der Waals surface area contributed by atoms with Gasteiger partial charge < -0.3 is 10.4 Å². The highest BCUT2D eigenvalue weighted by Gasteiger charge is 2.30. The van der Waals surface area contributed by atoms with Crippen LogP contribution in [0.2, 0.25) is 0 Å². The van der Waals surface area contributed by atoms with E-state index in [0.717, 1.165) is 24.9 Å². The third-order valence-corrected chi connectivity index (χ3v) is 3.19. The summed E-state index contributed by atoms with van der Waals surface area (Å²) in [5, 5.41) is 13.6. The summed E-state index contributed by atoms with van der Waals surface area (Å²) in [7, 11) is 0. The number of carbonyl (C=O) groups excluding carboxylic acids is 1. The van der Waals surface area contributed by atoms with Crippen molar-refractivity contribution in [3.05, 3.63) is 35.4 Å². The number of hydrogen-bond donors (Lipinski definition) is 2. The third-order valence-electron chi connectivity index (χ3n) is 3.19. The fraction of sp³-hybridized carbons (Fsp3) is 0.462. The zero-order chi connectivity index (χ0) is 11.6. The molecule has 0 aromatic heterocycles. The molecule has 2 N–H and O–H groups in total. The lowest BCUT2D eigenvalue weighted by Crippen LogP contribution is -2.43. The predicted molar refractivity (Wildman–Crippen MR) is 62.4 cm³/mol. The van der Waals surface area contributed by atoms with Crippen molar-refractivity contribution < 1.29 is 9.90 Å². The molecule has 0 saturated carbocycles. The Balaban J connectivity index is 2.23. The van der Waals surface area contributed by atoms with Crippen LogP contribution in [0.1, 0.15) is 35.7 Å². The Morgan fingerprint density at radius 1 is 1.38 bits per heavy atom. The number of benzene rings is 1. The first-order chi connectivity index (χ1) is 7.62. The Labute approximate surface area is 95.5 Å². The van der Waals surface area contributed by atoms with Gasteiger partial charge in [-0.2, -0.15) is 0 Å². The molecule has 3 nitrogen and oxygen atoms in total. The molecular weight excluding hydrogens is 202 g/mol. The van der Waals surface area contributed by atoms with Gasteiger partial charge in [-0.05, 0) is 31.9 Å². The Morgan fingerprint density at radius 3 is 2.56 bits per heavy atom. The monoisotopic (exact) mass is 219 g/mol. The van der Waals surface area contributed by atoms with Gasteiger partial charge in [0, 0.05) is 12.1 Å². The number of hydrogen-bond acceptors (Lipinski definition) is 3. The van der Waals surface area contributed by atoms with Crippen molar-refractivity contribution in [1.29, 1.82) is 0 Å². The summed E-state index contributed by atoms with van der Waals surface area (Å²) in [6.07, 6.45) is 1.75. The van der Waals surface area contributed by atoms with E-state index in [4.69, 9.17) is 0 Å². The van der Waals surface area contributed by atoms with Crippen LogP contribution in [0.25, 0.3) is 0 Å². The van der Waals surface area contributed by atoms with Crippen LogP contribution in [-0.4, -0.2) is 24.0 Å². The molecule has 1 fully saturated rings. The summed E-state index contributed by atoms with van der Waals surface area (Å²) < 4.78 is 0. The molecule has 0 amide bonds. The van der Waals surface area contributed by atoms with Gasteiger partial charge in [-0.1, -0.05) is 24.3 Å². The van der Waals surface area contributed by atoms with Crippen molar-refractivity contribution >= 4 is 5.78 Å². The molecule has 1 atom stereocenters. The second-order valence-electron chi connectivity index (χ2n) is 4.45. The SMILES string of the molecule is CC(=O)c1ccc(C2(O)CCCNC2)cc1. The van der Waals surface area contributed by atoms with Crippen LogP contribution in [0, 0.1) is 0 Å². The molecule has 86 valence electrons. The molecule has 1 saturated heterocycles. The Morgan fingerprint density at radius 2 is 2.06 bits per heavy atom. The fourth-order valence-electron chi connectivity index (χ4n) is 2.15. The van der Waals surface area contributed by atoms with Gasteiger partial charge in [-0.25, -0.2) is 0 Å². The molecular formula is C13H17NO2. The van der Waals surface area contributed by atoms with E-state index < -0.39 is 5.60 Å². The molecule has 1 aliphatic heterocycles. The molecule has 3 heteroatoms. The second-order valence-corrected chi connectivity index (χ2v) is 4.45. The number of carbonyl (C=O) groups is 1. The molecule has 1 unspecified atom stereocenters. The van der Waals surface area contributed by atoms with Crippen molar-refractivity contribution in [2.24, 2.45) is 0 Å². The van der Waals surface area contributed by atoms with E-state index in [1.807, 2.05) is 12.1 Å². The number of Topliss-reactive ketones (excluding diaryl/α,β-unsaturated/α-hetero) is 1. The minimum atomic E-state index is -0.770. The molecule has 2 rings (SSSR count). The number of nitrogens with one attached hydrogen (secondary N) is 1. The number of β-amino-alcohol motifs (C(OH)–C–C–N with tert-alkyl or cyclic N) is 1. The van der Waals surface area contributed by atoms with Crippen molar-refractivity contribution in [3.63, 3.8) is 0 Å². The quantitative estimate of drug-likeness (QED) is 0.740. The van der Waals surface area contributed by atoms with E-state index in [9.17, 15) is 9.90 Å². The second kappa shape index (κ2) is 4.36. The van der Waals surface area contributed by atoms with Crippen LogP contribution >= 0.6 is 0 Å². The maximum atomic E-state index is 11.1. The Kier molecular flexibility index (Phi) is 3.08. The van der Waals surface area contributed by atoms with Crippen LogP contribution in [0.3, 0.4) is 0 Å². The van der Waals surface area contributed by atoms with Gasteiger partial charge in [0.15, 0.2) is 5.78 Å². The summed E-state index contributed by atoms with van der Waals surface area (Å²) in [6.45, 7) is 3.10. The zero-order valence-electron chi connectivity index (χ0n) is 9.49. The van der Waals surface area contributed by atoms with Gasteiger partial charge >= 0.3 is 0 Å². The van der Waals surface area contributed by atoms with E-state index in [2.05, 4.69) is 5.32 Å². The minimum absolute atomic E-state index is 0.0558. The summed E-state index contributed by atoms with van der Waals surface area (Å²) in [5.74, 6) is 0.0558. The van der Waals surface area contributed by atoms with Crippen molar-refractivity contribution in [2.45, 2.75) is 25.4 Å². The molecule has 0 aliphatic carbocycles. The van der Waals surface area contributed by atoms with E-state index in [1.165, 1.54) is 0 Å². The average Bonchev–Trinajstić information content (AvgIpc) is 2.30. The standard InChI is InChI=1S/C13H17NO2/c1-10(15)11-3-5-12(6-4-11)13(16)7-2-8-14-9-13/h3-6,14,16H,2,7-9H2,1H3. The summed E-state index contributed by atoms with van der Waals surface area (Å²) >= 11 is 0. The lowest BCUT2D eigenvalue weighted by Gasteiger charge is -2.33. The third kappa shape index (κ3) is 2.15. The number of aliphatic hydroxyl groups is 1. The highest BCUT2D eigenvalue weighted by atomic mass is 16.3. The molecule has 16 heavy (non-hydrogen) atoms. The van der Waals surface area contributed by atoms with Crippen LogP contribution in [0.4, 0.5) is 0 Å². The molecule has 1 aliphatic rings. The number of rotatable bonds is 2. The summed E-state index contributed by atoms with van der Waals surface area (Å²) in [4.78, 5) is 11.1. The number of ketones is 1. The minimum Gasteiger partial charge on any atom is -0.384 e. The Bertz CT molecular complexity index is 377. The van der Waals surface area contributed by atoms with Crippen LogP contribution in [0.15, 0.2) is 24.3 Å². The van der Waals surface area contributed by atoms with Gasteiger partial charge in [0.2, 0.25) is 0 Å². The maximum absolute atomic E-state index is 11.1. The highest BCUT2D eigenvalue weighted by Crippen LogP contribution is 2.28. The molecule has 0 bridgehead atoms. The van der Waals surface area contributed by atoms with Gasteiger partial charge in [0.1, 0.15) is 5.60 Å². The first kappa shape index (κ1) is 11.3. The Hall–Kier alpha value is -1.19. The van der Waals surface area contributed by atoms with Crippen molar-refractivity contribution in [2.75, 3.05) is 13.1 Å². The molecule has 1 heterocycles. The lowest BCUT2D eigenvalue weighted by molar-refractivity contribution is 0.0123.